The maximum Gasteiger partial charge on any atom is 0.343 e. The van der Waals surface area contributed by atoms with Crippen LogP contribution in [0.25, 0.3) is 17.4 Å². The molecule has 8 nitrogen and oxygen atoms in total. The summed E-state index contributed by atoms with van der Waals surface area (Å²) in [4.78, 5) is 37.7. The molecule has 2 heterocycles. The summed E-state index contributed by atoms with van der Waals surface area (Å²) in [6, 6.07) is 16.7. The van der Waals surface area contributed by atoms with Gasteiger partial charge in [0.2, 0.25) is 5.78 Å². The third-order valence-corrected chi connectivity index (χ3v) is 5.65. The molecular formula is C24H17BrN2O6. The number of halogens is 1. The van der Waals surface area contributed by atoms with Gasteiger partial charge in [-0.15, -0.1) is 0 Å². The largest absolute Gasteiger partial charge is 0.465 e. The molecule has 0 amide bonds. The topological polar surface area (TPSA) is 103 Å². The van der Waals surface area contributed by atoms with Gasteiger partial charge < -0.3 is 14.1 Å². The van der Waals surface area contributed by atoms with Crippen molar-refractivity contribution in [1.29, 1.82) is 0 Å². The minimum Gasteiger partial charge on any atom is -0.465 e. The zero-order chi connectivity index (χ0) is 23.7. The van der Waals surface area contributed by atoms with E-state index in [1.165, 1.54) is 25.3 Å². The molecule has 33 heavy (non-hydrogen) atoms. The highest BCUT2D eigenvalue weighted by molar-refractivity contribution is 9.10. The molecule has 1 aliphatic heterocycles. The van der Waals surface area contributed by atoms with Crippen LogP contribution in [0.2, 0.25) is 0 Å². The van der Waals surface area contributed by atoms with Crippen molar-refractivity contribution in [3.05, 3.63) is 98.0 Å². The van der Waals surface area contributed by atoms with Crippen molar-refractivity contribution in [1.82, 2.24) is 0 Å². The van der Waals surface area contributed by atoms with Gasteiger partial charge in [0.15, 0.2) is 0 Å². The molecule has 0 aliphatic carbocycles. The van der Waals surface area contributed by atoms with Crippen LogP contribution in [0.5, 0.6) is 0 Å². The molecule has 4 rings (SSSR count). The third kappa shape index (κ3) is 4.22. The van der Waals surface area contributed by atoms with Gasteiger partial charge in [0, 0.05) is 39.6 Å². The van der Waals surface area contributed by atoms with Crippen LogP contribution < -0.4 is 4.90 Å². The van der Waals surface area contributed by atoms with E-state index in [0.29, 0.717) is 28.5 Å². The van der Waals surface area contributed by atoms with E-state index in [1.807, 2.05) is 24.3 Å². The van der Waals surface area contributed by atoms with Crippen molar-refractivity contribution in [3.8, 4) is 11.3 Å². The summed E-state index contributed by atoms with van der Waals surface area (Å²) < 4.78 is 11.5. The molecule has 3 aromatic rings. The number of hydrogen-bond donors (Lipinski definition) is 0. The SMILES string of the molecule is COC(=O)C1=C(C)N(c2ccc(Br)cc2)/C(=C/c2ccc(-c3cccc([N+](=O)[O-])c3)o2)C1=O. The molecule has 2 aromatic carbocycles. The van der Waals surface area contributed by atoms with Crippen molar-refractivity contribution < 1.29 is 23.7 Å². The number of carbonyl (C=O) groups excluding carboxylic acids is 2. The van der Waals surface area contributed by atoms with Gasteiger partial charge in [0.05, 0.1) is 17.7 Å². The molecule has 0 unspecified atom stereocenters. The summed E-state index contributed by atoms with van der Waals surface area (Å²) >= 11 is 3.39. The van der Waals surface area contributed by atoms with E-state index in [2.05, 4.69) is 15.9 Å². The van der Waals surface area contributed by atoms with Crippen LogP contribution in [0.1, 0.15) is 12.7 Å². The van der Waals surface area contributed by atoms with Crippen molar-refractivity contribution in [2.75, 3.05) is 12.0 Å². The lowest BCUT2D eigenvalue weighted by atomic mass is 10.1. The summed E-state index contributed by atoms with van der Waals surface area (Å²) in [7, 11) is 1.22. The number of furan rings is 1. The van der Waals surface area contributed by atoms with E-state index in [9.17, 15) is 19.7 Å². The lowest BCUT2D eigenvalue weighted by molar-refractivity contribution is -0.384. The number of nitrogens with zero attached hydrogens (tertiary/aromatic N) is 2. The van der Waals surface area contributed by atoms with Gasteiger partial charge in [-0.1, -0.05) is 28.1 Å². The zero-order valence-electron chi connectivity index (χ0n) is 17.6. The van der Waals surface area contributed by atoms with Crippen LogP contribution in [0, 0.1) is 10.1 Å². The first-order valence-corrected chi connectivity index (χ1v) is 10.6. The van der Waals surface area contributed by atoms with Crippen molar-refractivity contribution in [2.45, 2.75) is 6.92 Å². The second-order valence-corrected chi connectivity index (χ2v) is 8.05. The second kappa shape index (κ2) is 8.87. The normalized spacial score (nSPS) is 14.8. The number of carbonyl (C=O) groups is 2. The van der Waals surface area contributed by atoms with Gasteiger partial charge >= 0.3 is 5.97 Å². The van der Waals surface area contributed by atoms with Crippen molar-refractivity contribution in [2.24, 2.45) is 0 Å². The molecule has 0 fully saturated rings. The Hall–Kier alpha value is -3.98. The maximum atomic E-state index is 13.2. The molecular weight excluding hydrogens is 492 g/mol. The number of methoxy groups -OCH3 is 1. The number of allylic oxidation sites excluding steroid dienone is 2. The van der Waals surface area contributed by atoms with Crippen LogP contribution in [0.4, 0.5) is 11.4 Å². The second-order valence-electron chi connectivity index (χ2n) is 7.13. The smallest absolute Gasteiger partial charge is 0.343 e. The lowest BCUT2D eigenvalue weighted by Gasteiger charge is -2.21. The number of non-ortho nitro benzene ring substituents is 1. The molecule has 1 aromatic heterocycles. The molecule has 1 aliphatic rings. The van der Waals surface area contributed by atoms with E-state index in [1.54, 1.807) is 36.1 Å². The molecule has 0 bridgehead atoms. The number of Topliss-reactive ketones (excluding diaryl/α,β-unsaturated/α-hetero) is 1. The highest BCUT2D eigenvalue weighted by atomic mass is 79.9. The number of ketones is 1. The molecule has 0 radical (unpaired) electrons. The molecule has 0 saturated carbocycles. The summed E-state index contributed by atoms with van der Waals surface area (Å²) in [5.74, 6) is -0.458. The average molecular weight is 509 g/mol. The van der Waals surface area contributed by atoms with Gasteiger partial charge in [0.25, 0.3) is 5.69 Å². The van der Waals surface area contributed by atoms with Gasteiger partial charge in [-0.25, -0.2) is 4.79 Å². The lowest BCUT2D eigenvalue weighted by Crippen LogP contribution is -2.18. The van der Waals surface area contributed by atoms with Crippen LogP contribution in [0.15, 0.2) is 86.5 Å². The van der Waals surface area contributed by atoms with Gasteiger partial charge in [0.1, 0.15) is 17.1 Å². The Bertz CT molecular complexity index is 1340. The Morgan fingerprint density at radius 1 is 1.15 bits per heavy atom. The fraction of sp³-hybridized carbons (Fsp3) is 0.0833. The van der Waals surface area contributed by atoms with Gasteiger partial charge in [-0.2, -0.15) is 0 Å². The van der Waals surface area contributed by atoms with Crippen LogP contribution >= 0.6 is 15.9 Å². The first kappa shape index (κ1) is 22.2. The predicted molar refractivity (Wildman–Crippen MR) is 125 cm³/mol. The van der Waals surface area contributed by atoms with E-state index in [-0.39, 0.29) is 17.0 Å². The first-order valence-electron chi connectivity index (χ1n) is 9.76. The monoisotopic (exact) mass is 508 g/mol. The highest BCUT2D eigenvalue weighted by Gasteiger charge is 2.38. The van der Waals surface area contributed by atoms with Crippen LogP contribution in [-0.2, 0) is 14.3 Å². The predicted octanol–water partition coefficient (Wildman–Crippen LogP) is 5.49. The fourth-order valence-electron chi connectivity index (χ4n) is 3.57. The number of nitro benzene ring substituents is 1. The summed E-state index contributed by atoms with van der Waals surface area (Å²) in [5.41, 5.74) is 1.75. The van der Waals surface area contributed by atoms with E-state index in [0.717, 1.165) is 4.47 Å². The van der Waals surface area contributed by atoms with Crippen molar-refractivity contribution in [3.63, 3.8) is 0 Å². The zero-order valence-corrected chi connectivity index (χ0v) is 19.2. The average Bonchev–Trinajstić information content (AvgIpc) is 3.37. The Labute approximate surface area is 197 Å². The van der Waals surface area contributed by atoms with Crippen LogP contribution in [0.3, 0.4) is 0 Å². The van der Waals surface area contributed by atoms with Crippen LogP contribution in [-0.4, -0.2) is 23.8 Å². The number of anilines is 1. The number of ether oxygens (including phenoxy) is 1. The third-order valence-electron chi connectivity index (χ3n) is 5.12. The standard InChI is InChI=1S/C24H17BrN2O6/c1-14-22(24(29)32-2)23(28)20(26(14)17-8-6-16(25)7-9-17)13-19-10-11-21(33-19)15-4-3-5-18(12-15)27(30)31/h3-13H,1-2H3/b20-13+. The summed E-state index contributed by atoms with van der Waals surface area (Å²) in [6.07, 6.45) is 1.53. The summed E-state index contributed by atoms with van der Waals surface area (Å²) in [5, 5.41) is 11.1. The molecule has 0 atom stereocenters. The molecule has 0 saturated heterocycles. The molecule has 0 spiro atoms. The fourth-order valence-corrected chi connectivity index (χ4v) is 3.84. The maximum absolute atomic E-state index is 13.2. The Balaban J connectivity index is 1.77. The highest BCUT2D eigenvalue weighted by Crippen LogP contribution is 2.37. The Morgan fingerprint density at radius 3 is 2.55 bits per heavy atom. The Kier molecular flexibility index (Phi) is 5.97. The first-order chi connectivity index (χ1) is 15.8. The van der Waals surface area contributed by atoms with Gasteiger partial charge in [-0.3, -0.25) is 14.9 Å². The molecule has 9 heteroatoms. The summed E-state index contributed by atoms with van der Waals surface area (Å²) in [6.45, 7) is 1.67. The minimum absolute atomic E-state index is 0.0567. The van der Waals surface area contributed by atoms with E-state index < -0.39 is 16.7 Å². The van der Waals surface area contributed by atoms with Crippen molar-refractivity contribution >= 4 is 45.1 Å². The quantitative estimate of drug-likeness (QED) is 0.147. The number of rotatable bonds is 5. The minimum atomic E-state index is -0.722. The molecule has 0 N–H and O–H groups in total. The van der Waals surface area contributed by atoms with E-state index >= 15 is 0 Å². The number of esters is 1. The number of hydrogen-bond acceptors (Lipinski definition) is 7. The number of benzene rings is 2. The Morgan fingerprint density at radius 2 is 1.88 bits per heavy atom. The molecule has 166 valence electrons. The number of nitro groups is 1. The van der Waals surface area contributed by atoms with E-state index in [4.69, 9.17) is 9.15 Å². The van der Waals surface area contributed by atoms with Gasteiger partial charge in [-0.05, 0) is 43.3 Å².